The summed E-state index contributed by atoms with van der Waals surface area (Å²) in [5.74, 6) is 0. The normalized spacial score (nSPS) is 12.2. The lowest BCUT2D eigenvalue weighted by Gasteiger charge is -2.12. The summed E-state index contributed by atoms with van der Waals surface area (Å²) in [7, 11) is -6.53. The van der Waals surface area contributed by atoms with Gasteiger partial charge >= 0.3 is 0 Å². The predicted molar refractivity (Wildman–Crippen MR) is 119 cm³/mol. The van der Waals surface area contributed by atoms with Crippen molar-refractivity contribution in [1.29, 1.82) is 0 Å². The van der Waals surface area contributed by atoms with E-state index in [1.165, 1.54) is 36.6 Å². The highest BCUT2D eigenvalue weighted by Gasteiger charge is 2.20. The summed E-state index contributed by atoms with van der Waals surface area (Å²) in [4.78, 5) is 4.31. The molecular weight excluding hydrogens is 442 g/mol. The van der Waals surface area contributed by atoms with E-state index in [2.05, 4.69) is 14.4 Å². The molecule has 10 heteroatoms. The molecule has 30 heavy (non-hydrogen) atoms. The molecule has 4 rings (SSSR count). The second kappa shape index (κ2) is 7.80. The smallest absolute Gasteiger partial charge is 0.261 e. The molecule has 1 heterocycles. The highest BCUT2D eigenvalue weighted by molar-refractivity contribution is 7.93. The summed E-state index contributed by atoms with van der Waals surface area (Å²) in [6.07, 6.45) is 0. The molecule has 0 bridgehead atoms. The van der Waals surface area contributed by atoms with Crippen LogP contribution in [0, 0.1) is 0 Å². The van der Waals surface area contributed by atoms with Crippen LogP contribution in [-0.2, 0) is 20.0 Å². The van der Waals surface area contributed by atoms with Gasteiger partial charge < -0.3 is 0 Å². The number of nitrogens with zero attached hydrogens (tertiary/aromatic N) is 1. The first kappa shape index (κ1) is 20.5. The Labute approximate surface area is 178 Å². The fourth-order valence-corrected chi connectivity index (χ4v) is 5.86. The molecule has 4 aromatic rings. The third-order valence-electron chi connectivity index (χ3n) is 4.39. The van der Waals surface area contributed by atoms with Gasteiger partial charge in [0.15, 0.2) is 0 Å². The van der Waals surface area contributed by atoms with Gasteiger partial charge in [-0.05, 0) is 49.5 Å². The topological polar surface area (TPSA) is 105 Å². The molecule has 0 aliphatic carbocycles. The minimum atomic E-state index is -4.03. The van der Waals surface area contributed by atoms with E-state index >= 15 is 0 Å². The van der Waals surface area contributed by atoms with Gasteiger partial charge in [-0.2, -0.15) is 0 Å². The van der Waals surface area contributed by atoms with Crippen molar-refractivity contribution in [3.63, 3.8) is 0 Å². The number of thiazole rings is 1. The molecule has 0 amide bonds. The lowest BCUT2D eigenvalue weighted by Crippen LogP contribution is -2.19. The van der Waals surface area contributed by atoms with E-state index in [1.807, 2.05) is 24.3 Å². The minimum absolute atomic E-state index is 0.132. The van der Waals surface area contributed by atoms with Crippen molar-refractivity contribution < 1.29 is 16.8 Å². The van der Waals surface area contributed by atoms with Crippen LogP contribution in [0.5, 0.6) is 0 Å². The number of rotatable bonds is 6. The van der Waals surface area contributed by atoms with E-state index in [4.69, 9.17) is 0 Å². The SMILES string of the molecule is CNS(=O)(=O)c1cccc(S(=O)(=O)Nc2ccccc2-c2nc3ccccc3s2)c1. The maximum atomic E-state index is 13.0. The van der Waals surface area contributed by atoms with Gasteiger partial charge in [0.1, 0.15) is 5.01 Å². The summed E-state index contributed by atoms with van der Waals surface area (Å²) < 4.78 is 55.8. The summed E-state index contributed by atoms with van der Waals surface area (Å²) >= 11 is 1.46. The number of benzene rings is 3. The van der Waals surface area contributed by atoms with Crippen LogP contribution in [0.1, 0.15) is 0 Å². The third kappa shape index (κ3) is 3.94. The van der Waals surface area contributed by atoms with Crippen LogP contribution < -0.4 is 9.44 Å². The number of hydrogen-bond acceptors (Lipinski definition) is 6. The van der Waals surface area contributed by atoms with E-state index in [1.54, 1.807) is 24.3 Å². The molecule has 0 saturated heterocycles. The first-order chi connectivity index (χ1) is 14.3. The third-order valence-corrected chi connectivity index (χ3v) is 8.24. The molecule has 2 N–H and O–H groups in total. The first-order valence-corrected chi connectivity index (χ1v) is 12.6. The Bertz CT molecular complexity index is 1410. The van der Waals surface area contributed by atoms with Crippen LogP contribution >= 0.6 is 11.3 Å². The van der Waals surface area contributed by atoms with Gasteiger partial charge in [-0.15, -0.1) is 11.3 Å². The van der Waals surface area contributed by atoms with Crippen molar-refractivity contribution in [3.8, 4) is 10.6 Å². The monoisotopic (exact) mass is 459 g/mol. The van der Waals surface area contributed by atoms with Gasteiger partial charge in [-0.25, -0.2) is 26.5 Å². The summed E-state index contributed by atoms with van der Waals surface area (Å²) in [5.41, 5.74) is 1.83. The molecule has 154 valence electrons. The molecule has 0 aliphatic heterocycles. The van der Waals surface area contributed by atoms with Gasteiger partial charge in [0.25, 0.3) is 10.0 Å². The summed E-state index contributed by atoms with van der Waals surface area (Å²) in [6, 6.07) is 19.8. The number of fused-ring (bicyclic) bond motifs is 1. The predicted octanol–water partition coefficient (Wildman–Crippen LogP) is 3.67. The van der Waals surface area contributed by atoms with Gasteiger partial charge in [0.05, 0.1) is 25.7 Å². The standard InChI is InChI=1S/C20H17N3O4S3/c1-21-29(24,25)14-7-6-8-15(13-14)30(26,27)23-17-10-3-2-9-16(17)20-22-18-11-4-5-12-19(18)28-20/h2-13,21,23H,1H3. The quantitative estimate of drug-likeness (QED) is 0.458. The lowest BCUT2D eigenvalue weighted by molar-refractivity contribution is 0.588. The van der Waals surface area contributed by atoms with Gasteiger partial charge in [-0.1, -0.05) is 30.3 Å². The van der Waals surface area contributed by atoms with Crippen LogP contribution in [0.2, 0.25) is 0 Å². The highest BCUT2D eigenvalue weighted by atomic mass is 32.2. The second-order valence-electron chi connectivity index (χ2n) is 6.32. The second-order valence-corrected chi connectivity index (χ2v) is 10.9. The molecule has 0 unspecified atom stereocenters. The minimum Gasteiger partial charge on any atom is -0.279 e. The zero-order chi connectivity index (χ0) is 21.4. The molecule has 0 radical (unpaired) electrons. The van der Waals surface area contributed by atoms with Crippen LogP contribution in [0.3, 0.4) is 0 Å². The molecule has 1 aromatic heterocycles. The zero-order valence-electron chi connectivity index (χ0n) is 15.7. The van der Waals surface area contributed by atoms with Crippen molar-refractivity contribution in [3.05, 3.63) is 72.8 Å². The molecule has 3 aromatic carbocycles. The Morgan fingerprint density at radius 1 is 0.800 bits per heavy atom. The average molecular weight is 460 g/mol. The Morgan fingerprint density at radius 3 is 2.20 bits per heavy atom. The fraction of sp³-hybridized carbons (Fsp3) is 0.0500. The molecule has 0 atom stereocenters. The van der Waals surface area contributed by atoms with Crippen molar-refractivity contribution in [2.75, 3.05) is 11.8 Å². The Hall–Kier alpha value is -2.79. The van der Waals surface area contributed by atoms with Crippen molar-refractivity contribution in [1.82, 2.24) is 9.71 Å². The Kier molecular flexibility index (Phi) is 5.33. The number of anilines is 1. The number of aromatic nitrogens is 1. The number of sulfonamides is 2. The largest absolute Gasteiger partial charge is 0.279 e. The maximum absolute atomic E-state index is 13.0. The molecule has 0 spiro atoms. The van der Waals surface area contributed by atoms with Crippen LogP contribution in [0.25, 0.3) is 20.8 Å². The van der Waals surface area contributed by atoms with Gasteiger partial charge in [0, 0.05) is 5.56 Å². The van der Waals surface area contributed by atoms with Crippen LogP contribution in [-0.4, -0.2) is 28.9 Å². The van der Waals surface area contributed by atoms with Crippen molar-refractivity contribution >= 4 is 47.3 Å². The van der Waals surface area contributed by atoms with Crippen LogP contribution in [0.15, 0.2) is 82.6 Å². The van der Waals surface area contributed by atoms with Gasteiger partial charge in [-0.3, -0.25) is 4.72 Å². The molecule has 0 fully saturated rings. The number of nitrogens with one attached hydrogen (secondary N) is 2. The first-order valence-electron chi connectivity index (χ1n) is 8.81. The Balaban J connectivity index is 1.74. The molecule has 7 nitrogen and oxygen atoms in total. The average Bonchev–Trinajstić information content (AvgIpc) is 3.18. The summed E-state index contributed by atoms with van der Waals surface area (Å²) in [6.45, 7) is 0. The molecule has 0 aliphatic rings. The number of para-hydroxylation sites is 2. The molecular formula is C20H17N3O4S3. The van der Waals surface area contributed by atoms with Crippen molar-refractivity contribution in [2.45, 2.75) is 9.79 Å². The Morgan fingerprint density at radius 2 is 1.47 bits per heavy atom. The van der Waals surface area contributed by atoms with E-state index in [-0.39, 0.29) is 9.79 Å². The van der Waals surface area contributed by atoms with Crippen molar-refractivity contribution in [2.24, 2.45) is 0 Å². The fourth-order valence-electron chi connectivity index (χ4n) is 2.88. The van der Waals surface area contributed by atoms with E-state index in [9.17, 15) is 16.8 Å². The summed E-state index contributed by atoms with van der Waals surface area (Å²) in [5, 5.41) is 0.681. The van der Waals surface area contributed by atoms with E-state index in [0.29, 0.717) is 16.3 Å². The maximum Gasteiger partial charge on any atom is 0.261 e. The highest BCUT2D eigenvalue weighted by Crippen LogP contribution is 2.35. The molecule has 0 saturated carbocycles. The lowest BCUT2D eigenvalue weighted by atomic mass is 10.2. The van der Waals surface area contributed by atoms with Crippen LogP contribution in [0.4, 0.5) is 5.69 Å². The van der Waals surface area contributed by atoms with E-state index < -0.39 is 20.0 Å². The number of hydrogen-bond donors (Lipinski definition) is 2. The zero-order valence-corrected chi connectivity index (χ0v) is 18.2. The van der Waals surface area contributed by atoms with Gasteiger partial charge in [0.2, 0.25) is 10.0 Å². The van der Waals surface area contributed by atoms with E-state index in [0.717, 1.165) is 16.3 Å².